The molecule has 1 aromatic heterocycles. The molecule has 1 heterocycles. The van der Waals surface area contributed by atoms with E-state index in [1.54, 1.807) is 19.2 Å². The maximum atomic E-state index is 15.5. The highest BCUT2D eigenvalue weighted by atomic mass is 19.1. The van der Waals surface area contributed by atoms with Crippen LogP contribution in [0, 0.1) is 17.2 Å². The zero-order valence-corrected chi connectivity index (χ0v) is 41.9. The van der Waals surface area contributed by atoms with Crippen LogP contribution in [0.3, 0.4) is 0 Å². The second-order valence-electron chi connectivity index (χ2n) is 21.2. The number of aryl methyl sites for hydroxylation is 1. The third kappa shape index (κ3) is 20.2. The molecule has 368 valence electrons. The number of quaternary nitrogens is 1. The fourth-order valence-electron chi connectivity index (χ4n) is 9.28. The lowest BCUT2D eigenvalue weighted by Crippen LogP contribution is -2.41. The standard InChI is InChI=1S/C56H82FN5O5/c1-56(2,42-61-40-47(59-60-61)24-20-18-16-14-12-10-8-7-9-11-13-15-17-19-21-26-54(63)58-33-34-62(3,4)5)39-46-35-43(27-31-50(46)52-37-48(66-6)30-32-53(52)57)41-67-49-25-22-23-45(36-49)51(38-55(64)65)44-28-29-44/h22-23,25,27,30-32,35-37,40,44,51H,7-21,24,26,28-29,33-34,38-39,41-42H2,1-6H3,(H-,58,63,64,65)/p+1/t51-/m0/s1. The predicted molar refractivity (Wildman–Crippen MR) is 268 cm³/mol. The number of hydrogen-bond acceptors (Lipinski definition) is 6. The number of unbranched alkanes of at least 4 members (excludes halogenated alkanes) is 14. The summed E-state index contributed by atoms with van der Waals surface area (Å²) in [6.45, 7) is 7.13. The Morgan fingerprint density at radius 2 is 1.49 bits per heavy atom. The van der Waals surface area contributed by atoms with Crippen LogP contribution in [0.1, 0.15) is 164 Å². The first-order chi connectivity index (χ1) is 32.2. The summed E-state index contributed by atoms with van der Waals surface area (Å²) in [6, 6.07) is 18.8. The number of aromatic nitrogens is 3. The number of hydrogen-bond donors (Lipinski definition) is 2. The lowest BCUT2D eigenvalue weighted by atomic mass is 9.82. The third-order valence-corrected chi connectivity index (χ3v) is 13.2. The van der Waals surface area contributed by atoms with Crippen molar-refractivity contribution in [1.82, 2.24) is 20.3 Å². The number of amides is 1. The van der Waals surface area contributed by atoms with Gasteiger partial charge in [0.1, 0.15) is 23.9 Å². The number of methoxy groups -OCH3 is 1. The first-order valence-electron chi connectivity index (χ1n) is 25.5. The average Bonchev–Trinajstić information content (AvgIpc) is 4.04. The SMILES string of the molecule is COc1ccc(F)c(-c2ccc(COc3cccc([C@@H](CC(=O)O)C4CC4)c3)cc2CC(C)(C)Cn2cc(CCCCCCCCCCCCCCCCCC(=O)NCC[N+](C)(C)C)nn2)c1. The second-order valence-corrected chi connectivity index (χ2v) is 21.2. The van der Waals surface area contributed by atoms with E-state index < -0.39 is 5.97 Å². The van der Waals surface area contributed by atoms with Crippen LogP contribution in [0.5, 0.6) is 11.5 Å². The van der Waals surface area contributed by atoms with Gasteiger partial charge in [0.2, 0.25) is 5.91 Å². The van der Waals surface area contributed by atoms with E-state index in [0.717, 1.165) is 84.0 Å². The highest BCUT2D eigenvalue weighted by molar-refractivity contribution is 5.75. The molecule has 1 amide bonds. The summed E-state index contributed by atoms with van der Waals surface area (Å²) in [4.78, 5) is 23.6. The van der Waals surface area contributed by atoms with Gasteiger partial charge in [-0.3, -0.25) is 14.3 Å². The zero-order chi connectivity index (χ0) is 48.1. The molecular weight excluding hydrogens is 842 g/mol. The number of carbonyl (C=O) groups excluding carboxylic acids is 1. The summed E-state index contributed by atoms with van der Waals surface area (Å²) in [5.74, 6) is 0.829. The number of carboxylic acids is 1. The largest absolute Gasteiger partial charge is 0.497 e. The van der Waals surface area contributed by atoms with Gasteiger partial charge in [0, 0.05) is 24.7 Å². The van der Waals surface area contributed by atoms with Crippen LogP contribution in [-0.4, -0.2) is 77.8 Å². The van der Waals surface area contributed by atoms with Gasteiger partial charge >= 0.3 is 5.97 Å². The summed E-state index contributed by atoms with van der Waals surface area (Å²) >= 11 is 0. The molecule has 0 aliphatic heterocycles. The first-order valence-corrected chi connectivity index (χ1v) is 25.5. The highest BCUT2D eigenvalue weighted by Crippen LogP contribution is 2.45. The monoisotopic (exact) mass is 925 g/mol. The lowest BCUT2D eigenvalue weighted by molar-refractivity contribution is -0.869. The van der Waals surface area contributed by atoms with E-state index in [1.165, 1.54) is 83.1 Å². The normalized spacial score (nSPS) is 13.4. The van der Waals surface area contributed by atoms with Gasteiger partial charge in [-0.05, 0) is 108 Å². The van der Waals surface area contributed by atoms with E-state index in [1.807, 2.05) is 41.1 Å². The number of carboxylic acid groups (broad SMARTS) is 1. The number of nitrogens with zero attached hydrogens (tertiary/aromatic N) is 4. The summed E-state index contributed by atoms with van der Waals surface area (Å²) in [5.41, 5.74) is 5.07. The molecule has 1 aliphatic rings. The Morgan fingerprint density at radius 1 is 0.836 bits per heavy atom. The minimum Gasteiger partial charge on any atom is -0.497 e. The van der Waals surface area contributed by atoms with Crippen LogP contribution in [-0.2, 0) is 35.6 Å². The number of carbonyl (C=O) groups is 2. The van der Waals surface area contributed by atoms with Crippen LogP contribution >= 0.6 is 0 Å². The number of ether oxygens (including phenoxy) is 2. The minimum atomic E-state index is -0.777. The first kappa shape index (κ1) is 53.2. The number of halogens is 1. The molecule has 0 radical (unpaired) electrons. The fourth-order valence-corrected chi connectivity index (χ4v) is 9.28. The predicted octanol–water partition coefficient (Wildman–Crippen LogP) is 12.5. The van der Waals surface area contributed by atoms with Gasteiger partial charge in [-0.15, -0.1) is 5.10 Å². The van der Waals surface area contributed by atoms with Gasteiger partial charge in [-0.2, -0.15) is 0 Å². The molecule has 4 aromatic rings. The number of benzene rings is 3. The van der Waals surface area contributed by atoms with E-state index in [4.69, 9.17) is 9.47 Å². The van der Waals surface area contributed by atoms with Crippen molar-refractivity contribution in [3.63, 3.8) is 0 Å². The third-order valence-electron chi connectivity index (χ3n) is 13.2. The molecule has 3 aromatic carbocycles. The number of likely N-dealkylation sites (N-methyl/N-ethyl adjacent to an activating group) is 1. The summed E-state index contributed by atoms with van der Waals surface area (Å²) in [5, 5.41) is 21.7. The fraction of sp³-hybridized carbons (Fsp3) is 0.607. The molecule has 67 heavy (non-hydrogen) atoms. The molecule has 0 spiro atoms. The van der Waals surface area contributed by atoms with E-state index in [2.05, 4.69) is 62.9 Å². The topological polar surface area (TPSA) is 116 Å². The van der Waals surface area contributed by atoms with E-state index in [0.29, 0.717) is 49.0 Å². The lowest BCUT2D eigenvalue weighted by Gasteiger charge is -2.26. The Kier molecular flexibility index (Phi) is 21.7. The zero-order valence-electron chi connectivity index (χ0n) is 41.9. The van der Waals surface area contributed by atoms with Gasteiger partial charge in [0.05, 0.1) is 53.5 Å². The van der Waals surface area contributed by atoms with Crippen molar-refractivity contribution in [1.29, 1.82) is 0 Å². The van der Waals surface area contributed by atoms with Gasteiger partial charge in [0.25, 0.3) is 0 Å². The van der Waals surface area contributed by atoms with Crippen LogP contribution in [0.15, 0.2) is 66.9 Å². The molecule has 10 nitrogen and oxygen atoms in total. The van der Waals surface area contributed by atoms with Gasteiger partial charge < -0.3 is 24.4 Å². The molecule has 2 N–H and O–H groups in total. The molecule has 1 saturated carbocycles. The molecule has 1 fully saturated rings. The number of aliphatic carboxylic acids is 1. The Labute approximate surface area is 402 Å². The Balaban J connectivity index is 0.999. The molecule has 1 atom stereocenters. The van der Waals surface area contributed by atoms with E-state index in [-0.39, 0.29) is 29.5 Å². The Hall–Kier alpha value is -4.77. The summed E-state index contributed by atoms with van der Waals surface area (Å²) in [7, 11) is 8.03. The van der Waals surface area contributed by atoms with Crippen molar-refractivity contribution >= 4 is 11.9 Å². The summed E-state index contributed by atoms with van der Waals surface area (Å²) in [6.07, 6.45) is 25.5. The van der Waals surface area contributed by atoms with E-state index >= 15 is 4.39 Å². The van der Waals surface area contributed by atoms with Gasteiger partial charge in [-0.1, -0.05) is 133 Å². The van der Waals surface area contributed by atoms with Gasteiger partial charge in [-0.25, -0.2) is 4.39 Å². The van der Waals surface area contributed by atoms with Crippen molar-refractivity contribution in [3.8, 4) is 22.6 Å². The minimum absolute atomic E-state index is 0.00573. The maximum Gasteiger partial charge on any atom is 0.303 e. The van der Waals surface area contributed by atoms with E-state index in [9.17, 15) is 14.7 Å². The molecule has 0 bridgehead atoms. The van der Waals surface area contributed by atoms with Crippen LogP contribution in [0.2, 0.25) is 0 Å². The highest BCUT2D eigenvalue weighted by Gasteiger charge is 2.34. The molecular formula is C56H83FN5O5+. The van der Waals surface area contributed by atoms with Crippen molar-refractivity contribution in [3.05, 3.63) is 95.1 Å². The molecule has 11 heteroatoms. The van der Waals surface area contributed by atoms with Crippen LogP contribution in [0.4, 0.5) is 4.39 Å². The molecule has 5 rings (SSSR count). The quantitative estimate of drug-likeness (QED) is 0.0354. The maximum absolute atomic E-state index is 15.5. The Bertz CT molecular complexity index is 2110. The van der Waals surface area contributed by atoms with Crippen LogP contribution in [0.25, 0.3) is 11.1 Å². The summed E-state index contributed by atoms with van der Waals surface area (Å²) < 4.78 is 30.1. The number of nitrogens with one attached hydrogen (secondary N) is 1. The van der Waals surface area contributed by atoms with Crippen molar-refractivity contribution in [2.45, 2.75) is 168 Å². The van der Waals surface area contributed by atoms with Crippen LogP contribution < -0.4 is 14.8 Å². The van der Waals surface area contributed by atoms with Crippen molar-refractivity contribution in [2.24, 2.45) is 11.3 Å². The molecule has 0 unspecified atom stereocenters. The average molecular weight is 925 g/mol. The van der Waals surface area contributed by atoms with Gasteiger partial charge in [0.15, 0.2) is 0 Å². The number of rotatable bonds is 34. The smallest absolute Gasteiger partial charge is 0.303 e. The molecule has 0 saturated heterocycles. The Morgan fingerprint density at radius 3 is 2.12 bits per heavy atom. The molecule has 1 aliphatic carbocycles. The van der Waals surface area contributed by atoms with Crippen molar-refractivity contribution in [2.75, 3.05) is 41.3 Å². The second kappa shape index (κ2) is 27.3. The van der Waals surface area contributed by atoms with Crippen molar-refractivity contribution < 1.29 is 33.0 Å².